The molecule has 0 unspecified atom stereocenters. The molecule has 0 spiro atoms. The number of rotatable bonds is 8. The minimum absolute atomic E-state index is 0.192. The maximum Gasteiger partial charge on any atom is 0.276 e. The van der Waals surface area contributed by atoms with Crippen LogP contribution in [0.3, 0.4) is 0 Å². The van der Waals surface area contributed by atoms with E-state index in [0.29, 0.717) is 18.6 Å². The van der Waals surface area contributed by atoms with Gasteiger partial charge in [0.2, 0.25) is 5.91 Å². The van der Waals surface area contributed by atoms with Crippen LogP contribution in [0.5, 0.6) is 5.75 Å². The smallest absolute Gasteiger partial charge is 0.276 e. The van der Waals surface area contributed by atoms with Crippen molar-refractivity contribution in [2.75, 3.05) is 6.61 Å². The number of para-hydroxylation sites is 1. The lowest BCUT2D eigenvalue weighted by Crippen LogP contribution is -2.43. The molecule has 30 heavy (non-hydrogen) atoms. The zero-order valence-corrected chi connectivity index (χ0v) is 17.1. The molecule has 0 saturated carbocycles. The zero-order chi connectivity index (χ0) is 21.2. The second kappa shape index (κ2) is 10.8. The van der Waals surface area contributed by atoms with Crippen molar-refractivity contribution in [3.8, 4) is 16.9 Å². The molecule has 0 aliphatic carbocycles. The molecule has 2 N–H and O–H groups in total. The Morgan fingerprint density at radius 1 is 0.767 bits per heavy atom. The number of hydrazine groups is 1. The van der Waals surface area contributed by atoms with E-state index in [2.05, 4.69) is 29.9 Å². The fourth-order valence-electron chi connectivity index (χ4n) is 3.03. The summed E-state index contributed by atoms with van der Waals surface area (Å²) in [7, 11) is 0. The van der Waals surface area contributed by atoms with Crippen LogP contribution in [-0.2, 0) is 22.4 Å². The number of hydrogen-bond acceptors (Lipinski definition) is 3. The average molecular weight is 402 g/mol. The molecule has 0 aromatic heterocycles. The van der Waals surface area contributed by atoms with Crippen LogP contribution in [0.25, 0.3) is 11.1 Å². The van der Waals surface area contributed by atoms with Crippen molar-refractivity contribution >= 4 is 11.8 Å². The molecular formula is C25H26N2O3. The van der Waals surface area contributed by atoms with Gasteiger partial charge in [0, 0.05) is 12.0 Å². The first kappa shape index (κ1) is 21.1. The summed E-state index contributed by atoms with van der Waals surface area (Å²) in [5.41, 5.74) is 9.12. The Morgan fingerprint density at radius 3 is 2.13 bits per heavy atom. The van der Waals surface area contributed by atoms with Gasteiger partial charge in [-0.15, -0.1) is 0 Å². The molecule has 0 aliphatic rings. The predicted molar refractivity (Wildman–Crippen MR) is 118 cm³/mol. The Hall–Kier alpha value is -3.60. The molecule has 0 heterocycles. The van der Waals surface area contributed by atoms with Gasteiger partial charge in [-0.1, -0.05) is 79.7 Å². The summed E-state index contributed by atoms with van der Waals surface area (Å²) in [6, 6.07) is 25.6. The molecule has 0 radical (unpaired) electrons. The highest BCUT2D eigenvalue weighted by atomic mass is 16.5. The van der Waals surface area contributed by atoms with Crippen molar-refractivity contribution in [3.05, 3.63) is 90.0 Å². The summed E-state index contributed by atoms with van der Waals surface area (Å²) < 4.78 is 5.67. The Kier molecular flexibility index (Phi) is 7.61. The van der Waals surface area contributed by atoms with Crippen LogP contribution in [0.1, 0.15) is 24.5 Å². The normalized spacial score (nSPS) is 10.3. The third-order valence-electron chi connectivity index (χ3n) is 4.74. The van der Waals surface area contributed by atoms with Gasteiger partial charge in [-0.2, -0.15) is 0 Å². The van der Waals surface area contributed by atoms with Crippen molar-refractivity contribution in [2.45, 2.75) is 26.2 Å². The van der Waals surface area contributed by atoms with Crippen molar-refractivity contribution in [2.24, 2.45) is 0 Å². The lowest BCUT2D eigenvalue weighted by Gasteiger charge is -2.12. The topological polar surface area (TPSA) is 67.4 Å². The molecule has 0 fully saturated rings. The second-order valence-electron chi connectivity index (χ2n) is 6.92. The summed E-state index contributed by atoms with van der Waals surface area (Å²) in [4.78, 5) is 24.1. The number of benzene rings is 3. The highest BCUT2D eigenvalue weighted by molar-refractivity contribution is 5.83. The lowest BCUT2D eigenvalue weighted by molar-refractivity contribution is -0.130. The molecule has 0 saturated heterocycles. The van der Waals surface area contributed by atoms with Gasteiger partial charge in [-0.05, 0) is 35.6 Å². The molecule has 3 rings (SSSR count). The molecule has 0 atom stereocenters. The molecule has 5 nitrogen and oxygen atoms in total. The van der Waals surface area contributed by atoms with E-state index in [0.717, 1.165) is 23.1 Å². The molecular weight excluding hydrogens is 376 g/mol. The fourth-order valence-corrected chi connectivity index (χ4v) is 3.03. The van der Waals surface area contributed by atoms with Crippen molar-refractivity contribution in [3.63, 3.8) is 0 Å². The minimum atomic E-state index is -0.418. The van der Waals surface area contributed by atoms with Gasteiger partial charge in [0.1, 0.15) is 5.75 Å². The maximum absolute atomic E-state index is 12.1. The maximum atomic E-state index is 12.1. The van der Waals surface area contributed by atoms with E-state index in [9.17, 15) is 9.59 Å². The van der Waals surface area contributed by atoms with Crippen LogP contribution < -0.4 is 15.6 Å². The molecule has 3 aromatic rings. The second-order valence-corrected chi connectivity index (χ2v) is 6.92. The quantitative estimate of drug-likeness (QED) is 0.558. The van der Waals surface area contributed by atoms with E-state index in [1.807, 2.05) is 66.7 Å². The van der Waals surface area contributed by atoms with Gasteiger partial charge in [0.05, 0.1) is 0 Å². The van der Waals surface area contributed by atoms with E-state index in [-0.39, 0.29) is 12.5 Å². The molecule has 5 heteroatoms. The van der Waals surface area contributed by atoms with Gasteiger partial charge in [0.25, 0.3) is 5.91 Å². The number of carbonyl (C=O) groups is 2. The number of carbonyl (C=O) groups excluding carboxylic acids is 2. The lowest BCUT2D eigenvalue weighted by atomic mass is 10.1. The monoisotopic (exact) mass is 402 g/mol. The van der Waals surface area contributed by atoms with Gasteiger partial charge in [-0.25, -0.2) is 0 Å². The van der Waals surface area contributed by atoms with Crippen LogP contribution >= 0.6 is 0 Å². The van der Waals surface area contributed by atoms with Crippen molar-refractivity contribution in [1.82, 2.24) is 10.9 Å². The van der Waals surface area contributed by atoms with Crippen LogP contribution in [0.4, 0.5) is 0 Å². The van der Waals surface area contributed by atoms with Gasteiger partial charge >= 0.3 is 0 Å². The number of nitrogens with one attached hydrogen (secondary N) is 2. The molecule has 2 amide bonds. The number of amides is 2. The largest absolute Gasteiger partial charge is 0.483 e. The minimum Gasteiger partial charge on any atom is -0.483 e. The molecule has 154 valence electrons. The SMILES string of the molecule is CCc1ccc(CCC(=O)NNC(=O)COc2ccccc2-c2ccccc2)cc1. The highest BCUT2D eigenvalue weighted by Crippen LogP contribution is 2.29. The van der Waals surface area contributed by atoms with Gasteiger partial charge < -0.3 is 4.74 Å². The Morgan fingerprint density at radius 2 is 1.40 bits per heavy atom. The molecule has 0 aliphatic heterocycles. The van der Waals surface area contributed by atoms with Crippen LogP contribution in [0.2, 0.25) is 0 Å². The van der Waals surface area contributed by atoms with E-state index < -0.39 is 5.91 Å². The number of aryl methyl sites for hydroxylation is 2. The first-order valence-corrected chi connectivity index (χ1v) is 10.1. The van der Waals surface area contributed by atoms with Crippen molar-refractivity contribution in [1.29, 1.82) is 0 Å². The first-order chi connectivity index (χ1) is 14.7. The Balaban J connectivity index is 1.43. The molecule has 0 bridgehead atoms. The summed E-state index contributed by atoms with van der Waals surface area (Å²) in [5, 5.41) is 0. The van der Waals surface area contributed by atoms with Crippen molar-refractivity contribution < 1.29 is 14.3 Å². The van der Waals surface area contributed by atoms with E-state index in [4.69, 9.17) is 4.74 Å². The summed E-state index contributed by atoms with van der Waals surface area (Å²) in [6.07, 6.45) is 1.90. The third-order valence-corrected chi connectivity index (χ3v) is 4.74. The summed E-state index contributed by atoms with van der Waals surface area (Å²) in [6.45, 7) is 1.91. The van der Waals surface area contributed by atoms with Crippen LogP contribution in [-0.4, -0.2) is 18.4 Å². The van der Waals surface area contributed by atoms with Gasteiger partial charge in [0.15, 0.2) is 6.61 Å². The van der Waals surface area contributed by atoms with Crippen LogP contribution in [0.15, 0.2) is 78.9 Å². The van der Waals surface area contributed by atoms with E-state index in [1.165, 1.54) is 5.56 Å². The fraction of sp³-hybridized carbons (Fsp3) is 0.200. The Bertz CT molecular complexity index is 969. The van der Waals surface area contributed by atoms with Gasteiger partial charge in [-0.3, -0.25) is 20.4 Å². The van der Waals surface area contributed by atoms with E-state index >= 15 is 0 Å². The average Bonchev–Trinajstić information content (AvgIpc) is 2.81. The number of hydrogen-bond donors (Lipinski definition) is 2. The summed E-state index contributed by atoms with van der Waals surface area (Å²) in [5.74, 6) is -0.0492. The number of ether oxygens (including phenoxy) is 1. The first-order valence-electron chi connectivity index (χ1n) is 10.1. The van der Waals surface area contributed by atoms with E-state index in [1.54, 1.807) is 0 Å². The standard InChI is InChI=1S/C25H26N2O3/c1-2-19-12-14-20(15-13-19)16-17-24(28)26-27-25(29)18-30-23-11-7-6-10-22(23)21-8-4-3-5-9-21/h3-15H,2,16-18H2,1H3,(H,26,28)(H,27,29). The summed E-state index contributed by atoms with van der Waals surface area (Å²) >= 11 is 0. The highest BCUT2D eigenvalue weighted by Gasteiger charge is 2.09. The predicted octanol–water partition coefficient (Wildman–Crippen LogP) is 4.08. The zero-order valence-electron chi connectivity index (χ0n) is 17.1. The Labute approximate surface area is 177 Å². The van der Waals surface area contributed by atoms with Crippen LogP contribution in [0, 0.1) is 0 Å². The third kappa shape index (κ3) is 6.21. The molecule has 3 aromatic carbocycles.